The fraction of sp³-hybridized carbons (Fsp3) is 0.200. The standard InChI is InChI=1S/C15H11F3N2O2/c16-11-6-9(3-4-13(11)22-15(17)18)14(21)20-7-10-2-1-5-19-12(10)8-20/h1-6,15H,7-8H2. The van der Waals surface area contributed by atoms with E-state index in [0.29, 0.717) is 13.1 Å². The molecule has 0 aliphatic carbocycles. The third-order valence-corrected chi connectivity index (χ3v) is 3.37. The highest BCUT2D eigenvalue weighted by molar-refractivity contribution is 5.94. The van der Waals surface area contributed by atoms with Crippen molar-refractivity contribution < 1.29 is 22.7 Å². The quantitative estimate of drug-likeness (QED) is 0.875. The first-order chi connectivity index (χ1) is 10.5. The number of halogens is 3. The minimum Gasteiger partial charge on any atom is -0.432 e. The molecule has 1 aromatic carbocycles. The van der Waals surface area contributed by atoms with Crippen molar-refractivity contribution in [2.24, 2.45) is 0 Å². The first kappa shape index (κ1) is 14.4. The second kappa shape index (κ2) is 5.67. The lowest BCUT2D eigenvalue weighted by Gasteiger charge is -2.15. The number of carbonyl (C=O) groups is 1. The largest absolute Gasteiger partial charge is 0.432 e. The van der Waals surface area contributed by atoms with Gasteiger partial charge >= 0.3 is 6.61 Å². The molecular formula is C15H11F3N2O2. The Morgan fingerprint density at radius 1 is 1.27 bits per heavy atom. The van der Waals surface area contributed by atoms with Gasteiger partial charge in [-0.15, -0.1) is 0 Å². The van der Waals surface area contributed by atoms with Crippen LogP contribution in [-0.4, -0.2) is 22.4 Å². The highest BCUT2D eigenvalue weighted by Gasteiger charge is 2.25. The number of pyridine rings is 1. The number of rotatable bonds is 3. The zero-order valence-electron chi connectivity index (χ0n) is 11.3. The van der Waals surface area contributed by atoms with E-state index in [4.69, 9.17) is 0 Å². The molecule has 0 unspecified atom stereocenters. The van der Waals surface area contributed by atoms with Crippen LogP contribution in [0.2, 0.25) is 0 Å². The van der Waals surface area contributed by atoms with Crippen LogP contribution in [0.25, 0.3) is 0 Å². The molecule has 1 amide bonds. The second-order valence-electron chi connectivity index (χ2n) is 4.79. The number of hydrogen-bond donors (Lipinski definition) is 0. The van der Waals surface area contributed by atoms with E-state index in [1.807, 2.05) is 6.07 Å². The number of ether oxygens (including phenoxy) is 1. The Balaban J connectivity index is 1.78. The molecule has 0 N–H and O–H groups in total. The van der Waals surface area contributed by atoms with Crippen LogP contribution in [0.3, 0.4) is 0 Å². The summed E-state index contributed by atoms with van der Waals surface area (Å²) in [6, 6.07) is 6.84. The Hall–Kier alpha value is -2.57. The molecule has 1 aliphatic heterocycles. The van der Waals surface area contributed by atoms with E-state index in [2.05, 4.69) is 9.72 Å². The second-order valence-corrected chi connectivity index (χ2v) is 4.79. The summed E-state index contributed by atoms with van der Waals surface area (Å²) < 4.78 is 41.9. The summed E-state index contributed by atoms with van der Waals surface area (Å²) in [4.78, 5) is 18.0. The molecule has 0 saturated carbocycles. The first-order valence-corrected chi connectivity index (χ1v) is 6.51. The van der Waals surface area contributed by atoms with E-state index in [0.717, 1.165) is 23.4 Å². The van der Waals surface area contributed by atoms with Crippen molar-refractivity contribution in [3.63, 3.8) is 0 Å². The minimum absolute atomic E-state index is 0.0759. The summed E-state index contributed by atoms with van der Waals surface area (Å²) in [5.74, 6) is -1.97. The summed E-state index contributed by atoms with van der Waals surface area (Å²) in [5.41, 5.74) is 1.81. The molecule has 2 heterocycles. The van der Waals surface area contributed by atoms with Gasteiger partial charge in [-0.2, -0.15) is 8.78 Å². The maximum Gasteiger partial charge on any atom is 0.387 e. The predicted octanol–water partition coefficient (Wildman–Crippen LogP) is 2.98. The van der Waals surface area contributed by atoms with Crippen LogP contribution in [-0.2, 0) is 13.1 Å². The number of nitrogens with zero attached hydrogens (tertiary/aromatic N) is 2. The SMILES string of the molecule is O=C(c1ccc(OC(F)F)c(F)c1)N1Cc2cccnc2C1. The van der Waals surface area contributed by atoms with Gasteiger partial charge in [-0.3, -0.25) is 9.78 Å². The monoisotopic (exact) mass is 308 g/mol. The summed E-state index contributed by atoms with van der Waals surface area (Å²) in [6.07, 6.45) is 1.64. The Bertz CT molecular complexity index is 697. The summed E-state index contributed by atoms with van der Waals surface area (Å²) in [7, 11) is 0. The van der Waals surface area contributed by atoms with Gasteiger partial charge in [0.2, 0.25) is 0 Å². The Morgan fingerprint density at radius 3 is 2.77 bits per heavy atom. The molecule has 0 saturated heterocycles. The van der Waals surface area contributed by atoms with Crippen molar-refractivity contribution in [1.82, 2.24) is 9.88 Å². The minimum atomic E-state index is -3.12. The van der Waals surface area contributed by atoms with Crippen molar-refractivity contribution in [3.8, 4) is 5.75 Å². The van der Waals surface area contributed by atoms with Crippen LogP contribution >= 0.6 is 0 Å². The van der Waals surface area contributed by atoms with Crippen LogP contribution in [0, 0.1) is 5.82 Å². The van der Waals surface area contributed by atoms with E-state index in [1.165, 1.54) is 11.0 Å². The average molecular weight is 308 g/mol. The number of carbonyl (C=O) groups excluding carboxylic acids is 1. The molecule has 2 aromatic rings. The van der Waals surface area contributed by atoms with Crippen LogP contribution in [0.5, 0.6) is 5.75 Å². The van der Waals surface area contributed by atoms with Crippen LogP contribution in [0.1, 0.15) is 21.6 Å². The zero-order valence-corrected chi connectivity index (χ0v) is 11.3. The van der Waals surface area contributed by atoms with Gasteiger partial charge < -0.3 is 9.64 Å². The van der Waals surface area contributed by atoms with Crippen molar-refractivity contribution in [1.29, 1.82) is 0 Å². The van der Waals surface area contributed by atoms with Crippen LogP contribution < -0.4 is 4.74 Å². The van der Waals surface area contributed by atoms with E-state index in [9.17, 15) is 18.0 Å². The predicted molar refractivity (Wildman–Crippen MR) is 70.8 cm³/mol. The van der Waals surface area contributed by atoms with E-state index in [1.54, 1.807) is 12.3 Å². The number of alkyl halides is 2. The third kappa shape index (κ3) is 2.74. The van der Waals surface area contributed by atoms with Gasteiger partial charge in [-0.25, -0.2) is 4.39 Å². The maximum atomic E-state index is 13.7. The lowest BCUT2D eigenvalue weighted by atomic mass is 10.2. The molecule has 0 bridgehead atoms. The first-order valence-electron chi connectivity index (χ1n) is 6.51. The Morgan fingerprint density at radius 2 is 2.09 bits per heavy atom. The van der Waals surface area contributed by atoms with Crippen molar-refractivity contribution in [2.75, 3.05) is 0 Å². The summed E-state index contributed by atoms with van der Waals surface area (Å²) in [6.45, 7) is -2.39. The van der Waals surface area contributed by atoms with E-state index >= 15 is 0 Å². The van der Waals surface area contributed by atoms with Crippen molar-refractivity contribution in [2.45, 2.75) is 19.7 Å². The zero-order chi connectivity index (χ0) is 15.7. The van der Waals surface area contributed by atoms with Crippen LogP contribution in [0.4, 0.5) is 13.2 Å². The molecule has 0 radical (unpaired) electrons. The normalized spacial score (nSPS) is 13.4. The lowest BCUT2D eigenvalue weighted by Crippen LogP contribution is -2.25. The highest BCUT2D eigenvalue weighted by atomic mass is 19.3. The molecule has 0 fully saturated rings. The summed E-state index contributed by atoms with van der Waals surface area (Å²) >= 11 is 0. The molecule has 3 rings (SSSR count). The van der Waals surface area contributed by atoms with Crippen LogP contribution in [0.15, 0.2) is 36.5 Å². The topological polar surface area (TPSA) is 42.4 Å². The van der Waals surface area contributed by atoms with Gasteiger partial charge in [0.1, 0.15) is 0 Å². The van der Waals surface area contributed by atoms with Crippen molar-refractivity contribution in [3.05, 3.63) is 59.2 Å². The van der Waals surface area contributed by atoms with Gasteiger partial charge in [-0.1, -0.05) is 6.07 Å². The number of benzene rings is 1. The summed E-state index contributed by atoms with van der Waals surface area (Å²) in [5, 5.41) is 0. The van der Waals surface area contributed by atoms with Gasteiger partial charge in [0.05, 0.1) is 12.2 Å². The molecule has 1 aromatic heterocycles. The Kier molecular flexibility index (Phi) is 3.70. The van der Waals surface area contributed by atoms with Gasteiger partial charge in [0.25, 0.3) is 5.91 Å². The Labute approximate surface area is 124 Å². The molecule has 22 heavy (non-hydrogen) atoms. The number of hydrogen-bond acceptors (Lipinski definition) is 3. The van der Waals surface area contributed by atoms with Gasteiger partial charge in [0, 0.05) is 18.3 Å². The van der Waals surface area contributed by atoms with Gasteiger partial charge in [-0.05, 0) is 29.8 Å². The average Bonchev–Trinajstić information content (AvgIpc) is 2.92. The number of aromatic nitrogens is 1. The molecule has 114 valence electrons. The molecule has 4 nitrogen and oxygen atoms in total. The smallest absolute Gasteiger partial charge is 0.387 e. The lowest BCUT2D eigenvalue weighted by molar-refractivity contribution is -0.0521. The molecule has 1 aliphatic rings. The van der Waals surface area contributed by atoms with E-state index in [-0.39, 0.29) is 11.5 Å². The fourth-order valence-electron chi connectivity index (χ4n) is 2.35. The molecule has 0 atom stereocenters. The fourth-order valence-corrected chi connectivity index (χ4v) is 2.35. The molecule has 0 spiro atoms. The maximum absolute atomic E-state index is 13.7. The van der Waals surface area contributed by atoms with E-state index < -0.39 is 18.2 Å². The number of amides is 1. The molecule has 7 heteroatoms. The third-order valence-electron chi connectivity index (χ3n) is 3.37. The van der Waals surface area contributed by atoms with Crippen molar-refractivity contribution >= 4 is 5.91 Å². The van der Waals surface area contributed by atoms with Gasteiger partial charge in [0.15, 0.2) is 11.6 Å². The highest BCUT2D eigenvalue weighted by Crippen LogP contribution is 2.25. The molecular weight excluding hydrogens is 297 g/mol. The number of fused-ring (bicyclic) bond motifs is 1.